The zero-order valence-corrected chi connectivity index (χ0v) is 21.5. The molecule has 0 aliphatic carbocycles. The molecule has 3 amide bonds. The van der Waals surface area contributed by atoms with Gasteiger partial charge in [-0.05, 0) is 63.4 Å². The van der Waals surface area contributed by atoms with Crippen molar-refractivity contribution >= 4 is 17.6 Å². The summed E-state index contributed by atoms with van der Waals surface area (Å²) in [4.78, 5) is 30.0. The average Bonchev–Trinajstić information content (AvgIpc) is 3.30. The van der Waals surface area contributed by atoms with Gasteiger partial charge in [-0.1, -0.05) is 48.0 Å². The molecule has 192 valence electrons. The number of rotatable bonds is 13. The molecule has 1 N–H and O–H groups in total. The summed E-state index contributed by atoms with van der Waals surface area (Å²) in [5, 5.41) is 2.92. The number of hydrogen-bond acceptors (Lipinski definition) is 4. The molecular formula is C29H37N3O4. The van der Waals surface area contributed by atoms with Crippen molar-refractivity contribution in [2.75, 3.05) is 38.2 Å². The third-order valence-electron chi connectivity index (χ3n) is 5.85. The maximum absolute atomic E-state index is 13.5. The summed E-state index contributed by atoms with van der Waals surface area (Å²) in [7, 11) is 0. The van der Waals surface area contributed by atoms with Crippen LogP contribution in [0.15, 0.2) is 71.1 Å². The maximum atomic E-state index is 13.5. The first-order valence-corrected chi connectivity index (χ1v) is 12.5. The SMILES string of the molecule is CCOCCCN(CC(=O)N(CCc1ccccc1)Cc1ccc(C)o1)C(=O)Nc1ccc(C)cc1. The predicted molar refractivity (Wildman–Crippen MR) is 142 cm³/mol. The van der Waals surface area contributed by atoms with Crippen molar-refractivity contribution in [1.29, 1.82) is 0 Å². The van der Waals surface area contributed by atoms with E-state index in [-0.39, 0.29) is 18.5 Å². The summed E-state index contributed by atoms with van der Waals surface area (Å²) >= 11 is 0. The lowest BCUT2D eigenvalue weighted by molar-refractivity contribution is -0.132. The number of ether oxygens (including phenoxy) is 1. The molecule has 0 unspecified atom stereocenters. The standard InChI is InChI=1S/C29H37N3O4/c1-4-35-20-8-18-32(29(34)30-26-14-11-23(2)12-15-26)22-28(33)31(21-27-16-13-24(3)36-27)19-17-25-9-6-5-7-10-25/h5-7,9-16H,4,8,17-22H2,1-3H3,(H,30,34). The van der Waals surface area contributed by atoms with Crippen molar-refractivity contribution in [1.82, 2.24) is 9.80 Å². The number of anilines is 1. The van der Waals surface area contributed by atoms with Crippen LogP contribution in [0, 0.1) is 13.8 Å². The highest BCUT2D eigenvalue weighted by molar-refractivity contribution is 5.92. The van der Waals surface area contributed by atoms with Gasteiger partial charge in [0.1, 0.15) is 18.1 Å². The number of carbonyl (C=O) groups excluding carboxylic acids is 2. The van der Waals surface area contributed by atoms with Gasteiger partial charge in [0.25, 0.3) is 0 Å². The van der Waals surface area contributed by atoms with Gasteiger partial charge in [-0.15, -0.1) is 0 Å². The molecule has 0 radical (unpaired) electrons. The number of nitrogens with zero attached hydrogens (tertiary/aromatic N) is 2. The number of carbonyl (C=O) groups is 2. The Balaban J connectivity index is 1.71. The summed E-state index contributed by atoms with van der Waals surface area (Å²) in [6.07, 6.45) is 1.36. The topological polar surface area (TPSA) is 75.0 Å². The van der Waals surface area contributed by atoms with Gasteiger partial charge >= 0.3 is 6.03 Å². The van der Waals surface area contributed by atoms with E-state index >= 15 is 0 Å². The minimum Gasteiger partial charge on any atom is -0.464 e. The number of amides is 3. The van der Waals surface area contributed by atoms with Crippen LogP contribution in [0.4, 0.5) is 10.5 Å². The minimum atomic E-state index is -0.305. The van der Waals surface area contributed by atoms with Gasteiger partial charge in [0.2, 0.25) is 5.91 Å². The highest BCUT2D eigenvalue weighted by atomic mass is 16.5. The number of hydrogen-bond donors (Lipinski definition) is 1. The molecule has 0 fully saturated rings. The molecule has 0 saturated heterocycles. The molecule has 3 rings (SSSR count). The van der Waals surface area contributed by atoms with Crippen LogP contribution in [0.1, 0.15) is 36.0 Å². The largest absolute Gasteiger partial charge is 0.464 e. The number of benzene rings is 2. The Morgan fingerprint density at radius 2 is 1.67 bits per heavy atom. The van der Waals surface area contributed by atoms with E-state index in [4.69, 9.17) is 9.15 Å². The van der Waals surface area contributed by atoms with Crippen LogP contribution in [0.25, 0.3) is 0 Å². The minimum absolute atomic E-state index is 0.0295. The molecule has 7 nitrogen and oxygen atoms in total. The Morgan fingerprint density at radius 1 is 0.917 bits per heavy atom. The zero-order chi connectivity index (χ0) is 25.8. The zero-order valence-electron chi connectivity index (χ0n) is 21.5. The first kappa shape index (κ1) is 27.0. The third-order valence-corrected chi connectivity index (χ3v) is 5.85. The second-order valence-electron chi connectivity index (χ2n) is 8.83. The van der Waals surface area contributed by atoms with E-state index < -0.39 is 0 Å². The first-order valence-electron chi connectivity index (χ1n) is 12.5. The molecule has 36 heavy (non-hydrogen) atoms. The maximum Gasteiger partial charge on any atom is 0.322 e. The molecule has 1 aromatic heterocycles. The van der Waals surface area contributed by atoms with E-state index in [1.807, 2.05) is 75.4 Å². The molecule has 2 aromatic carbocycles. The molecule has 0 spiro atoms. The van der Waals surface area contributed by atoms with Gasteiger partial charge in [-0.25, -0.2) is 4.79 Å². The van der Waals surface area contributed by atoms with E-state index in [2.05, 4.69) is 17.4 Å². The van der Waals surface area contributed by atoms with Crippen LogP contribution < -0.4 is 5.32 Å². The molecule has 0 aliphatic heterocycles. The molecule has 0 saturated carbocycles. The predicted octanol–water partition coefficient (Wildman–Crippen LogP) is 5.43. The number of aryl methyl sites for hydroxylation is 2. The van der Waals surface area contributed by atoms with E-state index in [9.17, 15) is 9.59 Å². The second-order valence-corrected chi connectivity index (χ2v) is 8.83. The normalized spacial score (nSPS) is 10.8. The molecule has 1 heterocycles. The lowest BCUT2D eigenvalue weighted by Crippen LogP contribution is -2.45. The van der Waals surface area contributed by atoms with Crippen LogP contribution in [0.3, 0.4) is 0 Å². The molecule has 0 bridgehead atoms. The van der Waals surface area contributed by atoms with E-state index in [1.54, 1.807) is 9.80 Å². The summed E-state index contributed by atoms with van der Waals surface area (Å²) in [5.74, 6) is 1.40. The third kappa shape index (κ3) is 8.89. The molecule has 0 atom stereocenters. The number of urea groups is 1. The van der Waals surface area contributed by atoms with Gasteiger partial charge in [-0.3, -0.25) is 4.79 Å². The Morgan fingerprint density at radius 3 is 2.33 bits per heavy atom. The van der Waals surface area contributed by atoms with Crippen molar-refractivity contribution in [3.8, 4) is 0 Å². The van der Waals surface area contributed by atoms with Crippen molar-refractivity contribution < 1.29 is 18.7 Å². The quantitative estimate of drug-likeness (QED) is 0.324. The van der Waals surface area contributed by atoms with Gasteiger partial charge < -0.3 is 24.3 Å². The van der Waals surface area contributed by atoms with Gasteiger partial charge in [0.05, 0.1) is 6.54 Å². The smallest absolute Gasteiger partial charge is 0.322 e. The molecular weight excluding hydrogens is 454 g/mol. The van der Waals surface area contributed by atoms with Crippen molar-refractivity contribution in [2.24, 2.45) is 0 Å². The van der Waals surface area contributed by atoms with Crippen molar-refractivity contribution in [3.63, 3.8) is 0 Å². The van der Waals surface area contributed by atoms with Crippen LogP contribution in [-0.2, 0) is 22.5 Å². The Hall–Kier alpha value is -3.58. The van der Waals surface area contributed by atoms with Crippen molar-refractivity contribution in [3.05, 3.63) is 89.4 Å². The monoisotopic (exact) mass is 491 g/mol. The first-order chi connectivity index (χ1) is 17.4. The summed E-state index contributed by atoms with van der Waals surface area (Å²) in [6.45, 7) is 8.22. The highest BCUT2D eigenvalue weighted by Gasteiger charge is 2.22. The lowest BCUT2D eigenvalue weighted by atomic mass is 10.1. The number of nitrogens with one attached hydrogen (secondary N) is 1. The van der Waals surface area contributed by atoms with Crippen LogP contribution >= 0.6 is 0 Å². The molecule has 3 aromatic rings. The summed E-state index contributed by atoms with van der Waals surface area (Å²) in [6, 6.07) is 21.1. The van der Waals surface area contributed by atoms with Crippen LogP contribution in [0.5, 0.6) is 0 Å². The van der Waals surface area contributed by atoms with Gasteiger partial charge in [0, 0.05) is 32.0 Å². The lowest BCUT2D eigenvalue weighted by Gasteiger charge is -2.27. The Labute approximate surface area is 214 Å². The molecule has 7 heteroatoms. The van der Waals surface area contributed by atoms with Crippen molar-refractivity contribution in [2.45, 2.75) is 40.2 Å². The molecule has 0 aliphatic rings. The Bertz CT molecular complexity index is 1080. The van der Waals surface area contributed by atoms with E-state index in [0.717, 1.165) is 22.6 Å². The summed E-state index contributed by atoms with van der Waals surface area (Å²) in [5.41, 5.74) is 2.95. The summed E-state index contributed by atoms with van der Waals surface area (Å²) < 4.78 is 11.2. The van der Waals surface area contributed by atoms with Gasteiger partial charge in [0.15, 0.2) is 0 Å². The fourth-order valence-electron chi connectivity index (χ4n) is 3.82. The van der Waals surface area contributed by atoms with Gasteiger partial charge in [-0.2, -0.15) is 0 Å². The van der Waals surface area contributed by atoms with E-state index in [1.165, 1.54) is 0 Å². The Kier molecular flexibility index (Phi) is 10.6. The highest BCUT2D eigenvalue weighted by Crippen LogP contribution is 2.13. The fourth-order valence-corrected chi connectivity index (χ4v) is 3.82. The van der Waals surface area contributed by atoms with Crippen LogP contribution in [-0.4, -0.2) is 54.6 Å². The average molecular weight is 492 g/mol. The number of furan rings is 1. The van der Waals surface area contributed by atoms with E-state index in [0.29, 0.717) is 51.4 Å². The van der Waals surface area contributed by atoms with Crippen LogP contribution in [0.2, 0.25) is 0 Å². The fraction of sp³-hybridized carbons (Fsp3) is 0.379. The second kappa shape index (κ2) is 14.1.